The van der Waals surface area contributed by atoms with Gasteiger partial charge in [0.05, 0.1) is 16.0 Å². The Morgan fingerprint density at radius 3 is 2.93 bits per heavy atom. The molecule has 0 unspecified atom stereocenters. The standard InChI is InChI=1S/C19H16ClN3O5/c20-17-5-3-13(23(25)26)9-16(17)18-6-4-14(28-18)8-12(10-21)19(24)22-11-15-2-1-7-27-15/h3-6,8-9,15H,1-2,7,11H2,(H,22,24)/b12-8+/t15-/m1/s1. The van der Waals surface area contributed by atoms with Gasteiger partial charge in [0, 0.05) is 36.9 Å². The summed E-state index contributed by atoms with van der Waals surface area (Å²) in [5.74, 6) is 0.0164. The summed E-state index contributed by atoms with van der Waals surface area (Å²) in [5, 5.41) is 23.2. The lowest BCUT2D eigenvalue weighted by Crippen LogP contribution is -2.32. The van der Waals surface area contributed by atoms with Gasteiger partial charge < -0.3 is 14.5 Å². The van der Waals surface area contributed by atoms with E-state index in [0.29, 0.717) is 18.7 Å². The van der Waals surface area contributed by atoms with Crippen LogP contribution >= 0.6 is 11.6 Å². The second kappa shape index (κ2) is 8.69. The molecule has 2 aromatic rings. The van der Waals surface area contributed by atoms with Gasteiger partial charge in [-0.2, -0.15) is 5.26 Å². The molecular weight excluding hydrogens is 386 g/mol. The van der Waals surface area contributed by atoms with Crippen LogP contribution in [0.5, 0.6) is 0 Å². The number of nitriles is 1. The molecule has 1 aromatic heterocycles. The Balaban J connectivity index is 1.76. The van der Waals surface area contributed by atoms with Crippen LogP contribution in [-0.2, 0) is 9.53 Å². The number of non-ortho nitro benzene ring substituents is 1. The van der Waals surface area contributed by atoms with E-state index in [1.54, 1.807) is 12.1 Å². The predicted molar refractivity (Wildman–Crippen MR) is 101 cm³/mol. The monoisotopic (exact) mass is 401 g/mol. The fourth-order valence-corrected chi connectivity index (χ4v) is 3.00. The highest BCUT2D eigenvalue weighted by molar-refractivity contribution is 6.33. The molecule has 3 rings (SSSR count). The van der Waals surface area contributed by atoms with Gasteiger partial charge in [-0.1, -0.05) is 11.6 Å². The number of amides is 1. The first-order chi connectivity index (χ1) is 13.5. The summed E-state index contributed by atoms with van der Waals surface area (Å²) in [4.78, 5) is 22.6. The molecule has 144 valence electrons. The van der Waals surface area contributed by atoms with E-state index >= 15 is 0 Å². The van der Waals surface area contributed by atoms with Crippen LogP contribution in [0, 0.1) is 21.4 Å². The number of nitrogens with one attached hydrogen (secondary N) is 1. The van der Waals surface area contributed by atoms with E-state index in [2.05, 4.69) is 5.32 Å². The Hall–Kier alpha value is -3.15. The lowest BCUT2D eigenvalue weighted by molar-refractivity contribution is -0.384. The van der Waals surface area contributed by atoms with Crippen molar-refractivity contribution in [2.75, 3.05) is 13.2 Å². The van der Waals surface area contributed by atoms with Crippen molar-refractivity contribution in [2.24, 2.45) is 0 Å². The fraction of sp³-hybridized carbons (Fsp3) is 0.263. The number of halogens is 1. The van der Waals surface area contributed by atoms with Gasteiger partial charge in [0.15, 0.2) is 0 Å². The van der Waals surface area contributed by atoms with Crippen LogP contribution in [0.25, 0.3) is 17.4 Å². The normalized spacial score (nSPS) is 16.6. The molecular formula is C19H16ClN3O5. The van der Waals surface area contributed by atoms with Crippen LogP contribution in [0.4, 0.5) is 5.69 Å². The molecule has 1 aromatic carbocycles. The fourth-order valence-electron chi connectivity index (χ4n) is 2.79. The number of carbonyl (C=O) groups excluding carboxylic acids is 1. The van der Waals surface area contributed by atoms with Gasteiger partial charge in [-0.15, -0.1) is 0 Å². The minimum atomic E-state index is -0.532. The Labute approximate surface area is 165 Å². The zero-order valence-electron chi connectivity index (χ0n) is 14.7. The van der Waals surface area contributed by atoms with E-state index in [-0.39, 0.29) is 33.9 Å². The molecule has 0 spiro atoms. The van der Waals surface area contributed by atoms with Crippen molar-refractivity contribution in [3.63, 3.8) is 0 Å². The molecule has 1 saturated heterocycles. The number of nitrogens with zero attached hydrogens (tertiary/aromatic N) is 2. The van der Waals surface area contributed by atoms with Gasteiger partial charge in [-0.3, -0.25) is 14.9 Å². The molecule has 8 nitrogen and oxygen atoms in total. The molecule has 1 fully saturated rings. The van der Waals surface area contributed by atoms with Crippen LogP contribution in [0.15, 0.2) is 40.3 Å². The first-order valence-electron chi connectivity index (χ1n) is 8.53. The van der Waals surface area contributed by atoms with Crippen LogP contribution < -0.4 is 5.32 Å². The van der Waals surface area contributed by atoms with Crippen molar-refractivity contribution in [2.45, 2.75) is 18.9 Å². The number of hydrogen-bond acceptors (Lipinski definition) is 6. The van der Waals surface area contributed by atoms with Gasteiger partial charge in [-0.25, -0.2) is 0 Å². The van der Waals surface area contributed by atoms with Gasteiger partial charge in [0.25, 0.3) is 11.6 Å². The molecule has 1 amide bonds. The van der Waals surface area contributed by atoms with E-state index in [4.69, 9.17) is 20.8 Å². The van der Waals surface area contributed by atoms with Crippen molar-refractivity contribution >= 4 is 29.3 Å². The molecule has 28 heavy (non-hydrogen) atoms. The molecule has 1 atom stereocenters. The summed E-state index contributed by atoms with van der Waals surface area (Å²) in [6.45, 7) is 1.02. The number of nitro groups is 1. The van der Waals surface area contributed by atoms with Crippen molar-refractivity contribution in [1.29, 1.82) is 5.26 Å². The number of benzene rings is 1. The molecule has 9 heteroatoms. The van der Waals surface area contributed by atoms with Crippen molar-refractivity contribution in [3.8, 4) is 17.4 Å². The maximum absolute atomic E-state index is 12.2. The van der Waals surface area contributed by atoms with Crippen molar-refractivity contribution < 1.29 is 18.9 Å². The largest absolute Gasteiger partial charge is 0.457 e. The summed E-state index contributed by atoms with van der Waals surface area (Å²) < 4.78 is 11.0. The third kappa shape index (κ3) is 4.57. The highest BCUT2D eigenvalue weighted by atomic mass is 35.5. The van der Waals surface area contributed by atoms with E-state index in [1.807, 2.05) is 6.07 Å². The van der Waals surface area contributed by atoms with Gasteiger partial charge in [0.1, 0.15) is 23.2 Å². The predicted octanol–water partition coefficient (Wildman–Crippen LogP) is 3.71. The third-order valence-corrected chi connectivity index (χ3v) is 4.55. The molecule has 1 N–H and O–H groups in total. The lowest BCUT2D eigenvalue weighted by atomic mass is 10.1. The smallest absolute Gasteiger partial charge is 0.270 e. The van der Waals surface area contributed by atoms with E-state index < -0.39 is 10.8 Å². The topological polar surface area (TPSA) is 118 Å². The first-order valence-corrected chi connectivity index (χ1v) is 8.91. The van der Waals surface area contributed by atoms with E-state index in [0.717, 1.165) is 12.8 Å². The summed E-state index contributed by atoms with van der Waals surface area (Å²) in [6.07, 6.45) is 3.10. The van der Waals surface area contributed by atoms with Crippen molar-refractivity contribution in [1.82, 2.24) is 5.32 Å². The Bertz CT molecular complexity index is 970. The second-order valence-electron chi connectivity index (χ2n) is 6.14. The Morgan fingerprint density at radius 2 is 2.25 bits per heavy atom. The third-order valence-electron chi connectivity index (χ3n) is 4.22. The van der Waals surface area contributed by atoms with Crippen LogP contribution in [0.3, 0.4) is 0 Å². The summed E-state index contributed by atoms with van der Waals surface area (Å²) in [5.41, 5.74) is 0.0972. The highest BCUT2D eigenvalue weighted by Crippen LogP contribution is 2.33. The number of nitro benzene ring substituents is 1. The average molecular weight is 402 g/mol. The number of rotatable bonds is 6. The molecule has 1 aliphatic heterocycles. The maximum Gasteiger partial charge on any atom is 0.270 e. The Morgan fingerprint density at radius 1 is 1.43 bits per heavy atom. The van der Waals surface area contributed by atoms with E-state index in [1.165, 1.54) is 24.3 Å². The zero-order valence-corrected chi connectivity index (χ0v) is 15.4. The average Bonchev–Trinajstić information content (AvgIpc) is 3.36. The van der Waals surface area contributed by atoms with Gasteiger partial charge >= 0.3 is 0 Å². The highest BCUT2D eigenvalue weighted by Gasteiger charge is 2.18. The van der Waals surface area contributed by atoms with Gasteiger partial charge in [0.2, 0.25) is 0 Å². The van der Waals surface area contributed by atoms with Crippen LogP contribution in [0.2, 0.25) is 5.02 Å². The number of hydrogen-bond donors (Lipinski definition) is 1. The minimum absolute atomic E-state index is 0.0323. The number of carbonyl (C=O) groups is 1. The quantitative estimate of drug-likeness (QED) is 0.341. The molecule has 0 radical (unpaired) electrons. The summed E-state index contributed by atoms with van der Waals surface area (Å²) >= 11 is 6.11. The lowest BCUT2D eigenvalue weighted by Gasteiger charge is -2.09. The zero-order chi connectivity index (χ0) is 20.1. The minimum Gasteiger partial charge on any atom is -0.457 e. The summed E-state index contributed by atoms with van der Waals surface area (Å²) in [7, 11) is 0. The molecule has 1 aliphatic rings. The van der Waals surface area contributed by atoms with E-state index in [9.17, 15) is 20.2 Å². The van der Waals surface area contributed by atoms with Gasteiger partial charge in [-0.05, 0) is 31.0 Å². The molecule has 0 bridgehead atoms. The maximum atomic E-state index is 12.2. The molecule has 2 heterocycles. The second-order valence-corrected chi connectivity index (χ2v) is 6.55. The van der Waals surface area contributed by atoms with Crippen molar-refractivity contribution in [3.05, 3.63) is 56.8 Å². The molecule has 0 saturated carbocycles. The van der Waals surface area contributed by atoms with Crippen LogP contribution in [0.1, 0.15) is 18.6 Å². The number of ether oxygens (including phenoxy) is 1. The molecule has 0 aliphatic carbocycles. The Kier molecular flexibility index (Phi) is 6.09. The first kappa shape index (κ1) is 19.6. The van der Waals surface area contributed by atoms with Crippen LogP contribution in [-0.4, -0.2) is 30.1 Å². The summed E-state index contributed by atoms with van der Waals surface area (Å²) in [6, 6.07) is 8.96. The number of furan rings is 1. The SMILES string of the molecule is N#C/C(=C\c1ccc(-c2cc([N+](=O)[O-])ccc2Cl)o1)C(=O)NC[C@H]1CCCO1.